The van der Waals surface area contributed by atoms with Crippen molar-refractivity contribution < 1.29 is 13.2 Å². The molecule has 0 aliphatic rings. The molecule has 0 aromatic carbocycles. The van der Waals surface area contributed by atoms with Crippen LogP contribution in [0.25, 0.3) is 0 Å². The van der Waals surface area contributed by atoms with Gasteiger partial charge in [0, 0.05) is 19.6 Å². The Morgan fingerprint density at radius 3 is 2.43 bits per heavy atom. The SMILES string of the molecule is C=C(CNC)CN(C)CCC(F)(F)F. The topological polar surface area (TPSA) is 15.3 Å². The lowest BCUT2D eigenvalue weighted by molar-refractivity contribution is -0.137. The van der Waals surface area contributed by atoms with Gasteiger partial charge in [-0.3, -0.25) is 0 Å². The van der Waals surface area contributed by atoms with Crippen LogP contribution in [0.1, 0.15) is 6.42 Å². The molecule has 1 N–H and O–H groups in total. The number of halogens is 3. The van der Waals surface area contributed by atoms with E-state index >= 15 is 0 Å². The van der Waals surface area contributed by atoms with E-state index in [0.717, 1.165) is 5.57 Å². The molecule has 0 aromatic rings. The molecule has 84 valence electrons. The fourth-order valence-electron chi connectivity index (χ4n) is 1.08. The summed E-state index contributed by atoms with van der Waals surface area (Å²) < 4.78 is 35.5. The van der Waals surface area contributed by atoms with Gasteiger partial charge in [-0.25, -0.2) is 0 Å². The minimum absolute atomic E-state index is 0.0201. The molecule has 0 aliphatic carbocycles. The van der Waals surface area contributed by atoms with Crippen molar-refractivity contribution in [1.82, 2.24) is 10.2 Å². The highest BCUT2D eigenvalue weighted by Gasteiger charge is 2.26. The molecule has 0 rings (SSSR count). The second-order valence-corrected chi connectivity index (χ2v) is 3.38. The summed E-state index contributed by atoms with van der Waals surface area (Å²) in [5.74, 6) is 0. The molecule has 0 aliphatic heterocycles. The molecule has 0 heterocycles. The summed E-state index contributed by atoms with van der Waals surface area (Å²) in [5.41, 5.74) is 0.886. The van der Waals surface area contributed by atoms with Gasteiger partial charge in [0.1, 0.15) is 0 Å². The Kier molecular flexibility index (Phi) is 5.79. The van der Waals surface area contributed by atoms with E-state index in [1.807, 2.05) is 0 Å². The molecule has 0 saturated carbocycles. The lowest BCUT2D eigenvalue weighted by Crippen LogP contribution is -2.28. The van der Waals surface area contributed by atoms with Gasteiger partial charge in [0.05, 0.1) is 6.42 Å². The molecule has 0 atom stereocenters. The fourth-order valence-corrected chi connectivity index (χ4v) is 1.08. The first-order valence-electron chi connectivity index (χ1n) is 4.41. The maximum Gasteiger partial charge on any atom is 0.390 e. The zero-order chi connectivity index (χ0) is 11.2. The molecule has 0 saturated heterocycles. The maximum atomic E-state index is 11.8. The third-order valence-electron chi connectivity index (χ3n) is 1.70. The van der Waals surface area contributed by atoms with E-state index in [0.29, 0.717) is 13.1 Å². The van der Waals surface area contributed by atoms with Gasteiger partial charge in [0.15, 0.2) is 0 Å². The highest BCUT2D eigenvalue weighted by Crippen LogP contribution is 2.19. The smallest absolute Gasteiger partial charge is 0.316 e. The minimum atomic E-state index is -4.07. The van der Waals surface area contributed by atoms with E-state index in [1.54, 1.807) is 19.0 Å². The quantitative estimate of drug-likeness (QED) is 0.670. The Bertz CT molecular complexity index is 177. The molecule has 0 aromatic heterocycles. The Labute approximate surface area is 82.8 Å². The minimum Gasteiger partial charge on any atom is -0.316 e. The summed E-state index contributed by atoms with van der Waals surface area (Å²) in [4.78, 5) is 1.62. The lowest BCUT2D eigenvalue weighted by Gasteiger charge is -2.18. The first kappa shape index (κ1) is 13.4. The molecule has 0 fully saturated rings. The third kappa shape index (κ3) is 8.07. The van der Waals surface area contributed by atoms with E-state index in [2.05, 4.69) is 11.9 Å². The van der Waals surface area contributed by atoms with Crippen molar-refractivity contribution in [2.45, 2.75) is 12.6 Å². The van der Waals surface area contributed by atoms with Crippen molar-refractivity contribution in [1.29, 1.82) is 0 Å². The van der Waals surface area contributed by atoms with Crippen LogP contribution < -0.4 is 5.32 Å². The van der Waals surface area contributed by atoms with Crippen LogP contribution in [-0.2, 0) is 0 Å². The summed E-state index contributed by atoms with van der Waals surface area (Å²) in [7, 11) is 3.44. The van der Waals surface area contributed by atoms with Crippen LogP contribution in [0, 0.1) is 0 Å². The molecule has 0 bridgehead atoms. The standard InChI is InChI=1S/C9H17F3N2/c1-8(6-13-2)7-14(3)5-4-9(10,11)12/h13H,1,4-7H2,2-3H3. The first-order valence-corrected chi connectivity index (χ1v) is 4.41. The highest BCUT2D eigenvalue weighted by molar-refractivity contribution is 4.98. The van der Waals surface area contributed by atoms with Gasteiger partial charge in [0.2, 0.25) is 0 Å². The van der Waals surface area contributed by atoms with Crippen LogP contribution in [0.4, 0.5) is 13.2 Å². The first-order chi connectivity index (χ1) is 6.35. The summed E-state index contributed by atoms with van der Waals surface area (Å²) in [6.45, 7) is 4.90. The molecular weight excluding hydrogens is 193 g/mol. The maximum absolute atomic E-state index is 11.8. The predicted molar refractivity (Wildman–Crippen MR) is 51.2 cm³/mol. The van der Waals surface area contributed by atoms with E-state index in [4.69, 9.17) is 0 Å². The summed E-state index contributed by atoms with van der Waals surface area (Å²) in [5, 5.41) is 2.90. The Morgan fingerprint density at radius 2 is 2.00 bits per heavy atom. The highest BCUT2D eigenvalue weighted by atomic mass is 19.4. The predicted octanol–water partition coefficient (Wildman–Crippen LogP) is 1.65. The van der Waals surface area contributed by atoms with Gasteiger partial charge in [-0.15, -0.1) is 0 Å². The summed E-state index contributed by atoms with van der Waals surface area (Å²) in [6.07, 6.45) is -4.84. The summed E-state index contributed by atoms with van der Waals surface area (Å²) >= 11 is 0. The van der Waals surface area contributed by atoms with E-state index in [9.17, 15) is 13.2 Å². The second kappa shape index (κ2) is 6.03. The van der Waals surface area contributed by atoms with Crippen molar-refractivity contribution in [3.05, 3.63) is 12.2 Å². The zero-order valence-corrected chi connectivity index (χ0v) is 8.62. The fraction of sp³-hybridized carbons (Fsp3) is 0.778. The van der Waals surface area contributed by atoms with E-state index < -0.39 is 12.6 Å². The average Bonchev–Trinajstić information content (AvgIpc) is 2.00. The van der Waals surface area contributed by atoms with Crippen LogP contribution in [0.5, 0.6) is 0 Å². The van der Waals surface area contributed by atoms with Gasteiger partial charge in [-0.2, -0.15) is 13.2 Å². The molecular formula is C9H17F3N2. The molecule has 0 unspecified atom stereocenters. The number of alkyl halides is 3. The molecule has 5 heteroatoms. The molecule has 2 nitrogen and oxygen atoms in total. The number of likely N-dealkylation sites (N-methyl/N-ethyl adjacent to an activating group) is 2. The molecule has 0 spiro atoms. The number of rotatable bonds is 6. The molecule has 0 radical (unpaired) electrons. The number of nitrogens with zero attached hydrogens (tertiary/aromatic N) is 1. The lowest BCUT2D eigenvalue weighted by atomic mass is 10.2. The van der Waals surface area contributed by atoms with Gasteiger partial charge in [0.25, 0.3) is 0 Å². The largest absolute Gasteiger partial charge is 0.390 e. The van der Waals surface area contributed by atoms with Crippen LogP contribution in [-0.4, -0.2) is 44.8 Å². The zero-order valence-electron chi connectivity index (χ0n) is 8.62. The van der Waals surface area contributed by atoms with Crippen LogP contribution in [0.3, 0.4) is 0 Å². The number of hydrogen-bond acceptors (Lipinski definition) is 2. The van der Waals surface area contributed by atoms with E-state index in [-0.39, 0.29) is 6.54 Å². The van der Waals surface area contributed by atoms with Crippen LogP contribution in [0.2, 0.25) is 0 Å². The Morgan fingerprint density at radius 1 is 1.43 bits per heavy atom. The molecule has 14 heavy (non-hydrogen) atoms. The number of hydrogen-bond donors (Lipinski definition) is 1. The van der Waals surface area contributed by atoms with Crippen molar-refractivity contribution in [3.63, 3.8) is 0 Å². The number of nitrogens with one attached hydrogen (secondary N) is 1. The van der Waals surface area contributed by atoms with Gasteiger partial charge >= 0.3 is 6.18 Å². The van der Waals surface area contributed by atoms with Crippen molar-refractivity contribution in [2.75, 3.05) is 33.7 Å². The second-order valence-electron chi connectivity index (χ2n) is 3.38. The Hall–Kier alpha value is -0.550. The summed E-state index contributed by atoms with van der Waals surface area (Å²) in [6, 6.07) is 0. The van der Waals surface area contributed by atoms with Gasteiger partial charge in [-0.1, -0.05) is 6.58 Å². The van der Waals surface area contributed by atoms with Crippen molar-refractivity contribution >= 4 is 0 Å². The average molecular weight is 210 g/mol. The Balaban J connectivity index is 3.65. The van der Waals surface area contributed by atoms with Crippen LogP contribution in [0.15, 0.2) is 12.2 Å². The van der Waals surface area contributed by atoms with Gasteiger partial charge < -0.3 is 10.2 Å². The van der Waals surface area contributed by atoms with E-state index in [1.165, 1.54) is 0 Å². The third-order valence-corrected chi connectivity index (χ3v) is 1.70. The van der Waals surface area contributed by atoms with Crippen molar-refractivity contribution in [2.24, 2.45) is 0 Å². The monoisotopic (exact) mass is 210 g/mol. The normalized spacial score (nSPS) is 12.1. The van der Waals surface area contributed by atoms with Crippen LogP contribution >= 0.6 is 0 Å². The molecule has 0 amide bonds. The van der Waals surface area contributed by atoms with Gasteiger partial charge in [-0.05, 0) is 19.7 Å². The van der Waals surface area contributed by atoms with Crippen molar-refractivity contribution in [3.8, 4) is 0 Å².